The van der Waals surface area contributed by atoms with Crippen LogP contribution in [-0.2, 0) is 10.0 Å². The summed E-state index contributed by atoms with van der Waals surface area (Å²) in [4.78, 5) is 0. The molecular weight excluding hydrogens is 222 g/mol. The van der Waals surface area contributed by atoms with E-state index >= 15 is 0 Å². The monoisotopic (exact) mass is 233 g/mol. The van der Waals surface area contributed by atoms with E-state index in [1.165, 1.54) is 10.6 Å². The van der Waals surface area contributed by atoms with Crippen LogP contribution >= 0.6 is 11.8 Å². The van der Waals surface area contributed by atoms with Gasteiger partial charge in [0.1, 0.15) is 11.1 Å². The number of thioether (sulfide) groups is 1. The van der Waals surface area contributed by atoms with Gasteiger partial charge in [0.15, 0.2) is 0 Å². The number of hydrogen-bond acceptors (Lipinski definition) is 4. The van der Waals surface area contributed by atoms with E-state index in [2.05, 4.69) is 0 Å². The highest BCUT2D eigenvalue weighted by Gasteiger charge is 2.34. The van der Waals surface area contributed by atoms with Crippen LogP contribution in [0.15, 0.2) is 22.8 Å². The molecule has 1 fully saturated rings. The van der Waals surface area contributed by atoms with Crippen LogP contribution in [0.25, 0.3) is 0 Å². The van der Waals surface area contributed by atoms with Crippen LogP contribution in [0.5, 0.6) is 0 Å². The third-order valence-corrected chi connectivity index (χ3v) is 4.66. The molecule has 1 aliphatic heterocycles. The quantitative estimate of drug-likeness (QED) is 0.772. The predicted molar refractivity (Wildman–Crippen MR) is 55.5 cm³/mol. The Morgan fingerprint density at radius 3 is 3.00 bits per heavy atom. The highest BCUT2D eigenvalue weighted by molar-refractivity contribution is 8.00. The third kappa shape index (κ3) is 1.82. The van der Waals surface area contributed by atoms with Gasteiger partial charge in [-0.05, 0) is 12.1 Å². The van der Waals surface area contributed by atoms with Gasteiger partial charge in [-0.25, -0.2) is 8.42 Å². The molecule has 2 heterocycles. The molecule has 0 amide bonds. The molecule has 1 aromatic heterocycles. The summed E-state index contributed by atoms with van der Waals surface area (Å²) < 4.78 is 29.5. The molecule has 1 aromatic rings. The van der Waals surface area contributed by atoms with Crippen molar-refractivity contribution >= 4 is 21.8 Å². The lowest BCUT2D eigenvalue weighted by Crippen LogP contribution is -2.29. The van der Waals surface area contributed by atoms with E-state index < -0.39 is 10.0 Å². The molecule has 4 nitrogen and oxygen atoms in total. The van der Waals surface area contributed by atoms with Crippen LogP contribution in [0.2, 0.25) is 0 Å². The summed E-state index contributed by atoms with van der Waals surface area (Å²) in [6.45, 7) is 0.564. The highest BCUT2D eigenvalue weighted by Crippen LogP contribution is 2.39. The van der Waals surface area contributed by atoms with Crippen LogP contribution in [-0.4, -0.2) is 31.3 Å². The van der Waals surface area contributed by atoms with Gasteiger partial charge in [-0.1, -0.05) is 0 Å². The van der Waals surface area contributed by atoms with Crippen molar-refractivity contribution in [1.82, 2.24) is 4.31 Å². The average molecular weight is 233 g/mol. The van der Waals surface area contributed by atoms with Gasteiger partial charge in [-0.15, -0.1) is 11.8 Å². The maximum atomic E-state index is 11.4. The van der Waals surface area contributed by atoms with Crippen LogP contribution < -0.4 is 0 Å². The Kier molecular flexibility index (Phi) is 2.59. The van der Waals surface area contributed by atoms with Crippen LogP contribution in [0.4, 0.5) is 0 Å². The van der Waals surface area contributed by atoms with E-state index in [0.717, 1.165) is 5.75 Å². The van der Waals surface area contributed by atoms with Gasteiger partial charge < -0.3 is 4.42 Å². The summed E-state index contributed by atoms with van der Waals surface area (Å²) in [5, 5.41) is -0.181. The Morgan fingerprint density at radius 2 is 2.43 bits per heavy atom. The van der Waals surface area contributed by atoms with Crippen molar-refractivity contribution < 1.29 is 12.8 Å². The van der Waals surface area contributed by atoms with Crippen LogP contribution in [0.1, 0.15) is 11.1 Å². The summed E-state index contributed by atoms with van der Waals surface area (Å²) in [6.07, 6.45) is 2.80. The summed E-state index contributed by atoms with van der Waals surface area (Å²) in [6, 6.07) is 3.58. The van der Waals surface area contributed by atoms with Crippen LogP contribution in [0.3, 0.4) is 0 Å². The van der Waals surface area contributed by atoms with Crippen LogP contribution in [0, 0.1) is 0 Å². The van der Waals surface area contributed by atoms with Crippen molar-refractivity contribution in [3.05, 3.63) is 24.2 Å². The van der Waals surface area contributed by atoms with Crippen molar-refractivity contribution in [3.8, 4) is 0 Å². The summed E-state index contributed by atoms with van der Waals surface area (Å²) in [5.74, 6) is 1.52. The zero-order valence-electron chi connectivity index (χ0n) is 7.71. The predicted octanol–water partition coefficient (Wildman–Crippen LogP) is 1.29. The fourth-order valence-corrected chi connectivity index (χ4v) is 4.19. The number of rotatable bonds is 2. The van der Waals surface area contributed by atoms with Gasteiger partial charge in [-0.3, -0.25) is 0 Å². The molecule has 0 aromatic carbocycles. The lowest BCUT2D eigenvalue weighted by molar-refractivity contribution is 0.385. The molecule has 78 valence electrons. The van der Waals surface area contributed by atoms with E-state index in [1.807, 2.05) is 0 Å². The molecule has 0 aliphatic carbocycles. The second-order valence-electron chi connectivity index (χ2n) is 3.11. The minimum Gasteiger partial charge on any atom is -0.467 e. The van der Waals surface area contributed by atoms with E-state index in [0.29, 0.717) is 12.3 Å². The lowest BCUT2D eigenvalue weighted by Gasteiger charge is -2.18. The Bertz CT molecular complexity index is 398. The summed E-state index contributed by atoms with van der Waals surface area (Å²) >= 11 is 1.59. The molecule has 1 atom stereocenters. The van der Waals surface area contributed by atoms with E-state index in [-0.39, 0.29) is 5.37 Å². The standard InChI is InChI=1S/C8H11NO3S2/c1-14(10,11)9-4-6-13-8(9)7-3-2-5-12-7/h2-3,5,8H,4,6H2,1H3. The molecule has 1 unspecified atom stereocenters. The molecule has 0 spiro atoms. The highest BCUT2D eigenvalue weighted by atomic mass is 32.2. The van der Waals surface area contributed by atoms with Gasteiger partial charge >= 0.3 is 0 Å². The topological polar surface area (TPSA) is 50.5 Å². The van der Waals surface area contributed by atoms with Gasteiger partial charge in [0.2, 0.25) is 10.0 Å². The second kappa shape index (κ2) is 3.60. The van der Waals surface area contributed by atoms with Crippen molar-refractivity contribution in [2.45, 2.75) is 5.37 Å². The number of nitrogens with zero attached hydrogens (tertiary/aromatic N) is 1. The fourth-order valence-electron chi connectivity index (χ4n) is 1.45. The average Bonchev–Trinajstić information content (AvgIpc) is 2.73. The van der Waals surface area contributed by atoms with E-state index in [1.54, 1.807) is 30.2 Å². The Labute approximate surface area is 87.3 Å². The minimum absolute atomic E-state index is 0.181. The summed E-state index contributed by atoms with van der Waals surface area (Å²) in [5.41, 5.74) is 0. The molecule has 14 heavy (non-hydrogen) atoms. The molecule has 0 radical (unpaired) electrons. The van der Waals surface area contributed by atoms with Crippen molar-refractivity contribution in [3.63, 3.8) is 0 Å². The first kappa shape index (κ1) is 10.1. The minimum atomic E-state index is -3.13. The molecule has 0 N–H and O–H groups in total. The SMILES string of the molecule is CS(=O)(=O)N1CCSC1c1ccco1. The number of sulfonamides is 1. The Morgan fingerprint density at radius 1 is 1.64 bits per heavy atom. The molecule has 1 aliphatic rings. The molecule has 0 saturated carbocycles. The van der Waals surface area contributed by atoms with Crippen molar-refractivity contribution in [1.29, 1.82) is 0 Å². The molecule has 0 bridgehead atoms. The fraction of sp³-hybridized carbons (Fsp3) is 0.500. The second-order valence-corrected chi connectivity index (χ2v) is 6.24. The Hall–Kier alpha value is -0.460. The first-order chi connectivity index (χ1) is 6.59. The normalized spacial score (nSPS) is 24.2. The first-order valence-corrected chi connectivity index (χ1v) is 7.10. The zero-order valence-corrected chi connectivity index (χ0v) is 9.35. The largest absolute Gasteiger partial charge is 0.467 e. The van der Waals surface area contributed by atoms with Gasteiger partial charge in [0.25, 0.3) is 0 Å². The number of hydrogen-bond donors (Lipinski definition) is 0. The van der Waals surface area contributed by atoms with Gasteiger partial charge in [0.05, 0.1) is 12.5 Å². The Balaban J connectivity index is 2.28. The van der Waals surface area contributed by atoms with E-state index in [9.17, 15) is 8.42 Å². The van der Waals surface area contributed by atoms with E-state index in [4.69, 9.17) is 4.42 Å². The molecule has 2 rings (SSSR count). The van der Waals surface area contributed by atoms with Crippen molar-refractivity contribution in [2.75, 3.05) is 18.6 Å². The zero-order chi connectivity index (χ0) is 10.2. The third-order valence-electron chi connectivity index (χ3n) is 2.06. The summed E-state index contributed by atoms with van der Waals surface area (Å²) in [7, 11) is -3.13. The number of furan rings is 1. The van der Waals surface area contributed by atoms with Crippen molar-refractivity contribution in [2.24, 2.45) is 0 Å². The lowest BCUT2D eigenvalue weighted by atomic mass is 10.4. The smallest absolute Gasteiger partial charge is 0.212 e. The maximum Gasteiger partial charge on any atom is 0.212 e. The molecule has 1 saturated heterocycles. The molecular formula is C8H11NO3S2. The molecule has 6 heteroatoms. The first-order valence-electron chi connectivity index (χ1n) is 4.21. The van der Waals surface area contributed by atoms with Gasteiger partial charge in [-0.2, -0.15) is 4.31 Å². The van der Waals surface area contributed by atoms with Gasteiger partial charge in [0, 0.05) is 12.3 Å². The maximum absolute atomic E-state index is 11.4.